The highest BCUT2D eigenvalue weighted by atomic mass is 32.2. The third-order valence-corrected chi connectivity index (χ3v) is 4.93. The zero-order valence-corrected chi connectivity index (χ0v) is 10.1. The molecular formula is C11H18O4S. The van der Waals surface area contributed by atoms with Crippen LogP contribution < -0.4 is 0 Å². The van der Waals surface area contributed by atoms with Crippen molar-refractivity contribution in [1.82, 2.24) is 0 Å². The first-order chi connectivity index (χ1) is 7.72. The fraction of sp³-hybridized carbons (Fsp3) is 1.00. The van der Waals surface area contributed by atoms with Crippen LogP contribution >= 0.6 is 11.8 Å². The lowest BCUT2D eigenvalue weighted by atomic mass is 9.96. The second-order valence-electron chi connectivity index (χ2n) is 4.79. The summed E-state index contributed by atoms with van der Waals surface area (Å²) in [4.78, 5) is -0.278. The first kappa shape index (κ1) is 11.3. The lowest BCUT2D eigenvalue weighted by Crippen LogP contribution is -2.50. The van der Waals surface area contributed by atoms with Gasteiger partial charge in [-0.15, -0.1) is 11.8 Å². The summed E-state index contributed by atoms with van der Waals surface area (Å²) in [5, 5.41) is 9.78. The lowest BCUT2D eigenvalue weighted by molar-refractivity contribution is -0.203. The van der Waals surface area contributed by atoms with Crippen LogP contribution in [0.5, 0.6) is 0 Å². The molecule has 5 heteroatoms. The van der Waals surface area contributed by atoms with E-state index in [0.717, 1.165) is 25.0 Å². The highest BCUT2D eigenvalue weighted by Crippen LogP contribution is 2.49. The smallest absolute Gasteiger partial charge is 0.172 e. The van der Waals surface area contributed by atoms with E-state index in [0.29, 0.717) is 26.2 Å². The average molecular weight is 246 g/mol. The van der Waals surface area contributed by atoms with Gasteiger partial charge < -0.3 is 19.3 Å². The molecule has 3 aliphatic heterocycles. The van der Waals surface area contributed by atoms with E-state index in [9.17, 15) is 5.11 Å². The van der Waals surface area contributed by atoms with Gasteiger partial charge in [0, 0.05) is 25.0 Å². The van der Waals surface area contributed by atoms with Gasteiger partial charge in [-0.2, -0.15) is 0 Å². The van der Waals surface area contributed by atoms with Crippen molar-refractivity contribution in [3.8, 4) is 0 Å². The molecule has 0 amide bonds. The van der Waals surface area contributed by atoms with Crippen LogP contribution in [0.2, 0.25) is 0 Å². The summed E-state index contributed by atoms with van der Waals surface area (Å²) < 4.78 is 17.4. The molecule has 0 aliphatic carbocycles. The molecule has 0 aromatic heterocycles. The summed E-state index contributed by atoms with van der Waals surface area (Å²) in [6, 6.07) is 0. The molecule has 3 saturated heterocycles. The summed E-state index contributed by atoms with van der Waals surface area (Å²) >= 11 is 1.81. The van der Waals surface area contributed by atoms with E-state index in [1.54, 1.807) is 0 Å². The average Bonchev–Trinajstić information content (AvgIpc) is 2.65. The quantitative estimate of drug-likeness (QED) is 0.694. The predicted molar refractivity (Wildman–Crippen MR) is 60.3 cm³/mol. The zero-order valence-electron chi connectivity index (χ0n) is 9.31. The number of hydrogen-bond donors (Lipinski definition) is 1. The predicted octanol–water partition coefficient (Wildman–Crippen LogP) is 1.12. The second kappa shape index (κ2) is 4.14. The van der Waals surface area contributed by atoms with E-state index in [-0.39, 0.29) is 11.0 Å². The Morgan fingerprint density at radius 2 is 1.94 bits per heavy atom. The van der Waals surface area contributed by atoms with Gasteiger partial charge in [0.15, 0.2) is 5.79 Å². The van der Waals surface area contributed by atoms with Gasteiger partial charge in [-0.1, -0.05) is 0 Å². The number of aliphatic hydroxyl groups is 1. The topological polar surface area (TPSA) is 47.9 Å². The molecule has 4 nitrogen and oxygen atoms in total. The molecule has 0 unspecified atom stereocenters. The molecule has 3 fully saturated rings. The fourth-order valence-corrected chi connectivity index (χ4v) is 4.39. The Morgan fingerprint density at radius 3 is 2.69 bits per heavy atom. The van der Waals surface area contributed by atoms with Crippen molar-refractivity contribution in [1.29, 1.82) is 0 Å². The third-order valence-electron chi connectivity index (χ3n) is 3.56. The minimum atomic E-state index is -0.428. The molecule has 0 aromatic rings. The van der Waals surface area contributed by atoms with Gasteiger partial charge in [0.05, 0.1) is 25.9 Å². The Kier molecular flexibility index (Phi) is 2.92. The second-order valence-corrected chi connectivity index (χ2v) is 6.23. The molecule has 92 valence electrons. The van der Waals surface area contributed by atoms with E-state index in [4.69, 9.17) is 14.2 Å². The van der Waals surface area contributed by atoms with Gasteiger partial charge in [-0.3, -0.25) is 0 Å². The van der Waals surface area contributed by atoms with Gasteiger partial charge >= 0.3 is 0 Å². The van der Waals surface area contributed by atoms with E-state index in [1.807, 2.05) is 11.8 Å². The van der Waals surface area contributed by atoms with Crippen molar-refractivity contribution in [3.63, 3.8) is 0 Å². The van der Waals surface area contributed by atoms with Crippen molar-refractivity contribution in [3.05, 3.63) is 0 Å². The zero-order chi connectivity index (χ0) is 11.1. The standard InChI is InChI=1S/C11H18O4S/c12-9-1-3-15-11(7-9)8-10(2-6-16-11)13-4-5-14-10/h9,12H,1-8H2/t9-,11+/m0/s1. The number of ether oxygens (including phenoxy) is 3. The molecule has 2 spiro atoms. The summed E-state index contributed by atoms with van der Waals surface area (Å²) in [6.07, 6.45) is 2.89. The van der Waals surface area contributed by atoms with Crippen LogP contribution in [0.4, 0.5) is 0 Å². The number of aliphatic hydroxyl groups excluding tert-OH is 1. The SMILES string of the molecule is O[C@H]1CCO[C@@]2(C1)CC1(CCS2)OCCO1. The highest BCUT2D eigenvalue weighted by molar-refractivity contribution is 8.00. The number of rotatable bonds is 0. The fourth-order valence-electron chi connectivity index (χ4n) is 2.81. The maximum Gasteiger partial charge on any atom is 0.172 e. The lowest BCUT2D eigenvalue weighted by Gasteiger charge is -2.46. The van der Waals surface area contributed by atoms with Crippen molar-refractivity contribution in [2.24, 2.45) is 0 Å². The van der Waals surface area contributed by atoms with E-state index in [1.165, 1.54) is 0 Å². The molecular weight excluding hydrogens is 228 g/mol. The van der Waals surface area contributed by atoms with Gasteiger partial charge in [0.25, 0.3) is 0 Å². The van der Waals surface area contributed by atoms with Crippen LogP contribution in [0.1, 0.15) is 25.7 Å². The number of thioether (sulfide) groups is 1. The number of hydrogen-bond acceptors (Lipinski definition) is 5. The van der Waals surface area contributed by atoms with Crippen molar-refractivity contribution in [2.45, 2.75) is 42.5 Å². The summed E-state index contributed by atoms with van der Waals surface area (Å²) in [6.45, 7) is 2.01. The van der Waals surface area contributed by atoms with E-state index >= 15 is 0 Å². The van der Waals surface area contributed by atoms with Crippen molar-refractivity contribution in [2.75, 3.05) is 25.6 Å². The van der Waals surface area contributed by atoms with Crippen LogP contribution in [0.25, 0.3) is 0 Å². The van der Waals surface area contributed by atoms with Gasteiger partial charge in [-0.25, -0.2) is 0 Å². The Balaban J connectivity index is 1.75. The van der Waals surface area contributed by atoms with Crippen LogP contribution in [0.3, 0.4) is 0 Å². The summed E-state index contributed by atoms with van der Waals surface area (Å²) in [5.74, 6) is 0.551. The summed E-state index contributed by atoms with van der Waals surface area (Å²) in [7, 11) is 0. The maximum atomic E-state index is 9.78. The Hall–Kier alpha value is 0.190. The highest BCUT2D eigenvalue weighted by Gasteiger charge is 2.51. The van der Waals surface area contributed by atoms with Crippen LogP contribution in [-0.4, -0.2) is 47.5 Å². The third kappa shape index (κ3) is 1.99. The minimum Gasteiger partial charge on any atom is -0.393 e. The minimum absolute atomic E-state index is 0.238. The molecule has 16 heavy (non-hydrogen) atoms. The van der Waals surface area contributed by atoms with Crippen LogP contribution in [0.15, 0.2) is 0 Å². The molecule has 2 atom stereocenters. The Labute approximate surface area is 99.6 Å². The maximum absolute atomic E-state index is 9.78. The normalized spacial score (nSPS) is 42.9. The largest absolute Gasteiger partial charge is 0.393 e. The van der Waals surface area contributed by atoms with Gasteiger partial charge in [0.1, 0.15) is 4.93 Å². The molecule has 0 bridgehead atoms. The van der Waals surface area contributed by atoms with E-state index in [2.05, 4.69) is 0 Å². The first-order valence-electron chi connectivity index (χ1n) is 5.96. The molecule has 3 rings (SSSR count). The monoisotopic (exact) mass is 246 g/mol. The van der Waals surface area contributed by atoms with Crippen LogP contribution in [0, 0.1) is 0 Å². The van der Waals surface area contributed by atoms with E-state index < -0.39 is 5.79 Å². The summed E-state index contributed by atoms with van der Waals surface area (Å²) in [5.41, 5.74) is 0. The van der Waals surface area contributed by atoms with Gasteiger partial charge in [-0.05, 0) is 6.42 Å². The van der Waals surface area contributed by atoms with Crippen molar-refractivity contribution >= 4 is 11.8 Å². The van der Waals surface area contributed by atoms with Crippen LogP contribution in [-0.2, 0) is 14.2 Å². The Morgan fingerprint density at radius 1 is 1.12 bits per heavy atom. The van der Waals surface area contributed by atoms with Gasteiger partial charge in [0.2, 0.25) is 0 Å². The molecule has 0 aromatic carbocycles. The first-order valence-corrected chi connectivity index (χ1v) is 6.95. The van der Waals surface area contributed by atoms with Crippen molar-refractivity contribution < 1.29 is 19.3 Å². The molecule has 0 radical (unpaired) electrons. The Bertz CT molecular complexity index is 263. The molecule has 3 aliphatic rings. The molecule has 1 N–H and O–H groups in total. The molecule has 3 heterocycles. The molecule has 0 saturated carbocycles.